The highest BCUT2D eigenvalue weighted by atomic mass is 14.2. The maximum Gasteiger partial charge on any atom is -0.0152 e. The predicted molar refractivity (Wildman–Crippen MR) is 264 cm³/mol. The van der Waals surface area contributed by atoms with Gasteiger partial charge in [-0.15, -0.1) is 0 Å². The molecule has 292 valence electrons. The maximum absolute atomic E-state index is 2.35. The second kappa shape index (κ2) is 15.7. The lowest BCUT2D eigenvalue weighted by Gasteiger charge is -2.14. The molecule has 10 aromatic carbocycles. The van der Waals surface area contributed by atoms with E-state index in [4.69, 9.17) is 0 Å². The Morgan fingerprint density at radius 2 is 0.242 bits per heavy atom. The molecule has 10 aromatic rings. The first-order chi connectivity index (χ1) is 30.5. The summed E-state index contributed by atoms with van der Waals surface area (Å²) in [5.74, 6) is 0. The van der Waals surface area contributed by atoms with Gasteiger partial charge in [0.05, 0.1) is 0 Å². The van der Waals surface area contributed by atoms with E-state index in [0.717, 1.165) is 0 Å². The van der Waals surface area contributed by atoms with Crippen LogP contribution in [0.15, 0.2) is 231 Å². The van der Waals surface area contributed by atoms with Crippen LogP contribution in [0.3, 0.4) is 0 Å². The third kappa shape index (κ3) is 7.16. The minimum absolute atomic E-state index is 1.21. The highest BCUT2D eigenvalue weighted by molar-refractivity contribution is 5.82. The van der Waals surface area contributed by atoms with Crippen LogP contribution in [-0.2, 0) is 0 Å². The Bertz CT molecular complexity index is 2950. The van der Waals surface area contributed by atoms with Crippen molar-refractivity contribution in [3.8, 4) is 111 Å². The maximum atomic E-state index is 2.35. The van der Waals surface area contributed by atoms with E-state index in [2.05, 4.69) is 244 Å². The first-order valence-corrected chi connectivity index (χ1v) is 21.5. The fraction of sp³-hybridized carbons (Fsp3) is 0.0323. The van der Waals surface area contributed by atoms with E-state index < -0.39 is 0 Å². The summed E-state index contributed by atoms with van der Waals surface area (Å²) in [6.07, 6.45) is 0. The third-order valence-electron chi connectivity index (χ3n) is 12.8. The Hall–Kier alpha value is -7.80. The lowest BCUT2D eigenvalue weighted by atomic mass is 9.90. The quantitative estimate of drug-likeness (QED) is 0.144. The van der Waals surface area contributed by atoms with E-state index in [1.807, 2.05) is 0 Å². The van der Waals surface area contributed by atoms with Gasteiger partial charge < -0.3 is 0 Å². The van der Waals surface area contributed by atoms with Crippen LogP contribution < -0.4 is 0 Å². The molecule has 38 rings (SSSR count). The molecule has 0 amide bonds. The van der Waals surface area contributed by atoms with Crippen LogP contribution in [0.4, 0.5) is 0 Å². The summed E-state index contributed by atoms with van der Waals surface area (Å²) in [4.78, 5) is 0. The van der Waals surface area contributed by atoms with Crippen LogP contribution in [0.25, 0.3) is 111 Å². The van der Waals surface area contributed by atoms with Gasteiger partial charge in [0.25, 0.3) is 0 Å². The Balaban J connectivity index is 0.921. The average Bonchev–Trinajstić information content (AvgIpc) is 3.35. The zero-order chi connectivity index (χ0) is 41.6. The lowest BCUT2D eigenvalue weighted by Crippen LogP contribution is -1.91. The summed E-state index contributed by atoms with van der Waals surface area (Å²) in [5, 5.41) is 0. The van der Waals surface area contributed by atoms with E-state index in [1.54, 1.807) is 0 Å². The summed E-state index contributed by atoms with van der Waals surface area (Å²) >= 11 is 0. The molecule has 62 heavy (non-hydrogen) atoms. The SMILES string of the molecule is Cc1cc2c(C)cc1-c1ccc(cc1)-c1ccc(cc1)-c1ccc(cc1)-c1ccc(cc1)-c1ccc(cc1)-c1ccc(cc1)-c1ccc(cc1)-c1ccc(cc1)-c1ccc-2cc1. The minimum Gasteiger partial charge on any atom is -0.0538 e. The van der Waals surface area contributed by atoms with Crippen molar-refractivity contribution in [2.75, 3.05) is 0 Å². The molecule has 0 saturated carbocycles. The Morgan fingerprint density at radius 1 is 0.145 bits per heavy atom. The Labute approximate surface area is 365 Å². The number of hydrogen-bond acceptors (Lipinski definition) is 0. The van der Waals surface area contributed by atoms with Crippen molar-refractivity contribution in [1.29, 1.82) is 0 Å². The van der Waals surface area contributed by atoms with Crippen molar-refractivity contribution >= 4 is 0 Å². The van der Waals surface area contributed by atoms with E-state index in [0.29, 0.717) is 0 Å². The summed E-state index contributed by atoms with van der Waals surface area (Å²) < 4.78 is 0. The van der Waals surface area contributed by atoms with E-state index >= 15 is 0 Å². The van der Waals surface area contributed by atoms with Gasteiger partial charge in [0.2, 0.25) is 0 Å². The Morgan fingerprint density at radius 3 is 0.355 bits per heavy atom. The predicted octanol–water partition coefficient (Wildman–Crippen LogP) is 17.3. The van der Waals surface area contributed by atoms with Gasteiger partial charge in [-0.1, -0.05) is 231 Å². The summed E-state index contributed by atoms with van der Waals surface area (Å²) in [5.41, 5.74) is 27.0. The van der Waals surface area contributed by atoms with E-state index in [9.17, 15) is 0 Å². The van der Waals surface area contributed by atoms with Gasteiger partial charge in [0, 0.05) is 0 Å². The molecule has 28 aliphatic rings. The second-order valence-corrected chi connectivity index (χ2v) is 16.7. The minimum atomic E-state index is 1.21. The molecular weight excluding hydrogens is 745 g/mol. The molecule has 0 unspecified atom stereocenters. The monoisotopic (exact) mass is 788 g/mol. The molecular formula is C62H44. The van der Waals surface area contributed by atoms with Gasteiger partial charge in [-0.05, 0) is 136 Å². The average molecular weight is 789 g/mol. The number of rotatable bonds is 0. The molecule has 0 spiro atoms. The lowest BCUT2D eigenvalue weighted by molar-refractivity contribution is 1.39. The molecule has 0 saturated heterocycles. The van der Waals surface area contributed by atoms with Crippen LogP contribution in [0, 0.1) is 13.8 Å². The highest BCUT2D eigenvalue weighted by Gasteiger charge is 2.12. The topological polar surface area (TPSA) is 0 Å². The van der Waals surface area contributed by atoms with Gasteiger partial charge >= 0.3 is 0 Å². The van der Waals surface area contributed by atoms with Crippen LogP contribution in [0.5, 0.6) is 0 Å². The number of hydrogen-bond donors (Lipinski definition) is 0. The summed E-state index contributed by atoms with van der Waals surface area (Å²) in [6, 6.07) is 85.2. The van der Waals surface area contributed by atoms with Gasteiger partial charge in [0.1, 0.15) is 0 Å². The normalized spacial score (nSPS) is 11.4. The van der Waals surface area contributed by atoms with Gasteiger partial charge in [-0.25, -0.2) is 0 Å². The molecule has 0 N–H and O–H groups in total. The fourth-order valence-corrected chi connectivity index (χ4v) is 9.11. The van der Waals surface area contributed by atoms with Gasteiger partial charge in [-0.2, -0.15) is 0 Å². The molecule has 0 heteroatoms. The number of benzene rings is 10. The second-order valence-electron chi connectivity index (χ2n) is 16.7. The number of aryl methyl sites for hydroxylation is 2. The molecule has 0 atom stereocenters. The molecule has 0 aromatic heterocycles. The first kappa shape index (κ1) is 37.2. The van der Waals surface area contributed by atoms with Crippen LogP contribution in [0.1, 0.15) is 11.1 Å². The van der Waals surface area contributed by atoms with Crippen molar-refractivity contribution in [1.82, 2.24) is 0 Å². The molecule has 20 bridgehead atoms. The van der Waals surface area contributed by atoms with E-state index in [1.165, 1.54) is 122 Å². The fourth-order valence-electron chi connectivity index (χ4n) is 9.11. The van der Waals surface area contributed by atoms with Crippen LogP contribution in [0.2, 0.25) is 0 Å². The zero-order valence-corrected chi connectivity index (χ0v) is 34.9. The van der Waals surface area contributed by atoms with Crippen LogP contribution in [-0.4, -0.2) is 0 Å². The largest absolute Gasteiger partial charge is 0.0538 e. The molecule has 0 fully saturated rings. The standard InChI is InChI=1S/C62H44/c1-41-39-62-42(2)40-61(41)59-35-31-57(32-36-59)55-27-23-53(24-28-55)51-19-15-49(16-20-51)47-11-7-45(8-12-47)43-3-5-44(6-4-43)46-9-13-48(14-10-46)50-17-21-52(22-18-50)54-25-29-56(30-26-54)58-33-37-60(62)38-34-58/h3-40H,1-2H3. The van der Waals surface area contributed by atoms with Crippen molar-refractivity contribution < 1.29 is 0 Å². The summed E-state index contributed by atoms with van der Waals surface area (Å²) in [7, 11) is 0. The van der Waals surface area contributed by atoms with Gasteiger partial charge in [0.15, 0.2) is 0 Å². The molecule has 28 aliphatic carbocycles. The van der Waals surface area contributed by atoms with Crippen molar-refractivity contribution in [2.24, 2.45) is 0 Å². The molecule has 0 aliphatic heterocycles. The third-order valence-corrected chi connectivity index (χ3v) is 12.8. The van der Waals surface area contributed by atoms with Gasteiger partial charge in [-0.3, -0.25) is 0 Å². The van der Waals surface area contributed by atoms with E-state index in [-0.39, 0.29) is 0 Å². The van der Waals surface area contributed by atoms with Crippen molar-refractivity contribution in [2.45, 2.75) is 13.8 Å². The van der Waals surface area contributed by atoms with Crippen molar-refractivity contribution in [3.63, 3.8) is 0 Å². The highest BCUT2D eigenvalue weighted by Crippen LogP contribution is 2.36. The molecule has 0 radical (unpaired) electrons. The summed E-state index contributed by atoms with van der Waals surface area (Å²) in [6.45, 7) is 4.46. The zero-order valence-electron chi connectivity index (χ0n) is 34.9. The van der Waals surface area contributed by atoms with Crippen LogP contribution >= 0.6 is 0 Å². The Kier molecular flexibility index (Phi) is 9.40. The molecule has 0 heterocycles. The van der Waals surface area contributed by atoms with Crippen molar-refractivity contribution in [3.05, 3.63) is 242 Å². The first-order valence-electron chi connectivity index (χ1n) is 21.5. The smallest absolute Gasteiger partial charge is 0.0152 e. The molecule has 0 nitrogen and oxygen atoms in total.